The summed E-state index contributed by atoms with van der Waals surface area (Å²) < 4.78 is 18.0. The highest BCUT2D eigenvalue weighted by atomic mass is 16.9. The van der Waals surface area contributed by atoms with Gasteiger partial charge in [-0.2, -0.15) is 0 Å². The second-order valence-corrected chi connectivity index (χ2v) is 8.29. The molecule has 1 atom stereocenters. The maximum atomic E-state index is 6.00. The van der Waals surface area contributed by atoms with Gasteiger partial charge in [0.2, 0.25) is 0 Å². The van der Waals surface area contributed by atoms with Crippen molar-refractivity contribution in [3.05, 3.63) is 0 Å². The van der Waals surface area contributed by atoms with E-state index in [4.69, 9.17) is 14.2 Å². The minimum atomic E-state index is -0.843. The largest absolute Gasteiger partial charge is 0.328 e. The highest BCUT2D eigenvalue weighted by Gasteiger charge is 2.35. The Morgan fingerprint density at radius 1 is 0.593 bits per heavy atom. The normalized spacial score (nSPS) is 13.4. The van der Waals surface area contributed by atoms with Gasteiger partial charge in [-0.3, -0.25) is 0 Å². The Labute approximate surface area is 170 Å². The second-order valence-electron chi connectivity index (χ2n) is 8.29. The lowest BCUT2D eigenvalue weighted by Gasteiger charge is -2.35. The average Bonchev–Trinajstić information content (AvgIpc) is 2.61. The van der Waals surface area contributed by atoms with Crippen LogP contribution in [0.5, 0.6) is 0 Å². The van der Waals surface area contributed by atoms with Gasteiger partial charge in [-0.05, 0) is 32.6 Å². The lowest BCUT2D eigenvalue weighted by molar-refractivity contribution is -0.384. The van der Waals surface area contributed by atoms with Gasteiger partial charge in [0.25, 0.3) is 5.97 Å². The van der Waals surface area contributed by atoms with Gasteiger partial charge in [0.1, 0.15) is 0 Å². The van der Waals surface area contributed by atoms with E-state index in [-0.39, 0.29) is 0 Å². The van der Waals surface area contributed by atoms with Gasteiger partial charge in [0, 0.05) is 26.2 Å². The van der Waals surface area contributed by atoms with Crippen LogP contribution in [0.1, 0.15) is 119 Å². The van der Waals surface area contributed by atoms with E-state index in [0.29, 0.717) is 25.7 Å². The van der Waals surface area contributed by atoms with Gasteiger partial charge >= 0.3 is 0 Å². The van der Waals surface area contributed by atoms with Gasteiger partial charge in [0.05, 0.1) is 0 Å². The van der Waals surface area contributed by atoms with Crippen LogP contribution in [0.3, 0.4) is 0 Å². The Bertz CT molecular complexity index is 287. The molecule has 3 heteroatoms. The summed E-state index contributed by atoms with van der Waals surface area (Å²) in [5.41, 5.74) is 0. The lowest BCUT2D eigenvalue weighted by atomic mass is 9.90. The molecule has 0 saturated heterocycles. The van der Waals surface area contributed by atoms with Crippen LogP contribution < -0.4 is 0 Å². The quantitative estimate of drug-likeness (QED) is 0.158. The first kappa shape index (κ1) is 26.9. The number of rotatable bonds is 20. The van der Waals surface area contributed by atoms with Crippen LogP contribution in [-0.2, 0) is 14.2 Å². The first-order valence-electron chi connectivity index (χ1n) is 11.9. The van der Waals surface area contributed by atoms with Crippen molar-refractivity contribution in [1.29, 1.82) is 0 Å². The Morgan fingerprint density at radius 3 is 1.48 bits per heavy atom. The van der Waals surface area contributed by atoms with Crippen LogP contribution in [0.15, 0.2) is 0 Å². The van der Waals surface area contributed by atoms with Crippen molar-refractivity contribution in [1.82, 2.24) is 0 Å². The van der Waals surface area contributed by atoms with E-state index in [0.717, 1.165) is 12.3 Å². The first-order chi connectivity index (χ1) is 13.0. The monoisotopic (exact) mass is 386 g/mol. The minimum absolute atomic E-state index is 0.621. The molecule has 0 aromatic carbocycles. The SMILES string of the molecule is CCCCCCCC(CCCCCC(C)C)CC(OCC)(OCC)OCC. The summed E-state index contributed by atoms with van der Waals surface area (Å²) in [4.78, 5) is 0. The molecule has 1 unspecified atom stereocenters. The Morgan fingerprint density at radius 2 is 1.04 bits per heavy atom. The van der Waals surface area contributed by atoms with Crippen molar-refractivity contribution in [2.45, 2.75) is 125 Å². The van der Waals surface area contributed by atoms with Gasteiger partial charge in [-0.1, -0.05) is 91.4 Å². The summed E-state index contributed by atoms with van der Waals surface area (Å²) in [6.07, 6.45) is 15.5. The van der Waals surface area contributed by atoms with E-state index in [2.05, 4.69) is 20.8 Å². The molecule has 0 heterocycles. The van der Waals surface area contributed by atoms with Crippen molar-refractivity contribution < 1.29 is 14.2 Å². The zero-order valence-electron chi connectivity index (χ0n) is 19.5. The van der Waals surface area contributed by atoms with Crippen molar-refractivity contribution in [2.24, 2.45) is 11.8 Å². The van der Waals surface area contributed by atoms with Gasteiger partial charge in [-0.15, -0.1) is 0 Å². The third-order valence-electron chi connectivity index (χ3n) is 5.24. The van der Waals surface area contributed by atoms with Crippen molar-refractivity contribution in [3.8, 4) is 0 Å². The third-order valence-corrected chi connectivity index (χ3v) is 5.24. The van der Waals surface area contributed by atoms with Crippen molar-refractivity contribution >= 4 is 0 Å². The van der Waals surface area contributed by atoms with Gasteiger partial charge in [0.15, 0.2) is 0 Å². The summed E-state index contributed by atoms with van der Waals surface area (Å²) in [5, 5.41) is 0. The smallest absolute Gasteiger partial charge is 0.283 e. The van der Waals surface area contributed by atoms with E-state index in [9.17, 15) is 0 Å². The maximum absolute atomic E-state index is 6.00. The Balaban J connectivity index is 4.68. The molecule has 27 heavy (non-hydrogen) atoms. The first-order valence-corrected chi connectivity index (χ1v) is 11.9. The number of ether oxygens (including phenoxy) is 3. The molecule has 0 radical (unpaired) electrons. The van der Waals surface area contributed by atoms with Crippen LogP contribution in [-0.4, -0.2) is 25.8 Å². The highest BCUT2D eigenvalue weighted by molar-refractivity contribution is 4.69. The molecule has 0 spiro atoms. The molecule has 0 aliphatic heterocycles. The topological polar surface area (TPSA) is 27.7 Å². The molecule has 3 nitrogen and oxygen atoms in total. The molecule has 0 aliphatic carbocycles. The van der Waals surface area contributed by atoms with Crippen molar-refractivity contribution in [3.63, 3.8) is 0 Å². The van der Waals surface area contributed by atoms with Crippen molar-refractivity contribution in [2.75, 3.05) is 19.8 Å². The predicted molar refractivity (Wildman–Crippen MR) is 117 cm³/mol. The fourth-order valence-electron chi connectivity index (χ4n) is 3.86. The summed E-state index contributed by atoms with van der Waals surface area (Å²) >= 11 is 0. The lowest BCUT2D eigenvalue weighted by Crippen LogP contribution is -2.41. The van der Waals surface area contributed by atoms with E-state index >= 15 is 0 Å². The van der Waals surface area contributed by atoms with Crippen LogP contribution in [0.2, 0.25) is 0 Å². The van der Waals surface area contributed by atoms with Crippen LogP contribution in [0.4, 0.5) is 0 Å². The van der Waals surface area contributed by atoms with E-state index < -0.39 is 5.97 Å². The summed E-state index contributed by atoms with van der Waals surface area (Å²) in [6, 6.07) is 0. The van der Waals surface area contributed by atoms with Gasteiger partial charge < -0.3 is 14.2 Å². The molecule has 0 N–H and O–H groups in total. The zero-order chi connectivity index (χ0) is 20.4. The molecule has 0 aromatic heterocycles. The van der Waals surface area contributed by atoms with Crippen LogP contribution in [0, 0.1) is 11.8 Å². The molecular formula is C24H50O3. The van der Waals surface area contributed by atoms with Crippen LogP contribution in [0.25, 0.3) is 0 Å². The fraction of sp³-hybridized carbons (Fsp3) is 1.00. The van der Waals surface area contributed by atoms with Gasteiger partial charge in [-0.25, -0.2) is 0 Å². The standard InChI is InChI=1S/C24H50O3/c1-7-11-12-13-16-19-23(20-17-14-15-18-22(5)6)21-24(25-8-2,26-9-3)27-10-4/h22-23H,7-21H2,1-6H3. The van der Waals surface area contributed by atoms with E-state index in [1.54, 1.807) is 0 Å². The highest BCUT2D eigenvalue weighted by Crippen LogP contribution is 2.31. The van der Waals surface area contributed by atoms with E-state index in [1.807, 2.05) is 20.8 Å². The maximum Gasteiger partial charge on any atom is 0.283 e. The Kier molecular flexibility index (Phi) is 17.9. The molecular weight excluding hydrogens is 336 g/mol. The fourth-order valence-corrected chi connectivity index (χ4v) is 3.86. The molecule has 0 aliphatic rings. The number of hydrogen-bond donors (Lipinski definition) is 0. The molecule has 0 aromatic rings. The third kappa shape index (κ3) is 14.5. The summed E-state index contributed by atoms with van der Waals surface area (Å²) in [6.45, 7) is 14.9. The molecule has 0 saturated carbocycles. The number of unbranched alkanes of at least 4 members (excludes halogenated alkanes) is 6. The molecule has 0 rings (SSSR count). The molecule has 0 fully saturated rings. The zero-order valence-corrected chi connectivity index (χ0v) is 19.5. The Hall–Kier alpha value is -0.120. The molecule has 164 valence electrons. The average molecular weight is 387 g/mol. The molecule has 0 bridgehead atoms. The van der Waals surface area contributed by atoms with Crippen LogP contribution >= 0.6 is 0 Å². The predicted octanol–water partition coefficient (Wildman–Crippen LogP) is 7.72. The summed E-state index contributed by atoms with van der Waals surface area (Å²) in [7, 11) is 0. The number of hydrogen-bond acceptors (Lipinski definition) is 3. The minimum Gasteiger partial charge on any atom is -0.328 e. The summed E-state index contributed by atoms with van der Waals surface area (Å²) in [5.74, 6) is 0.598. The second kappa shape index (κ2) is 17.9. The molecule has 0 amide bonds. The van der Waals surface area contributed by atoms with E-state index in [1.165, 1.54) is 70.6 Å².